The van der Waals surface area contributed by atoms with E-state index < -0.39 is 45.8 Å². The van der Waals surface area contributed by atoms with Gasteiger partial charge in [-0.3, -0.25) is 4.79 Å². The molecule has 0 saturated heterocycles. The SMILES string of the molecule is CCOC(=O)Cn1nc(-c2ccc(S(N)(=O)=O)cc2)c(-c2ccc(C)c(F)c2)c1C(F)(F)F. The van der Waals surface area contributed by atoms with Crippen molar-refractivity contribution in [3.8, 4) is 22.4 Å². The van der Waals surface area contributed by atoms with Crippen molar-refractivity contribution in [1.82, 2.24) is 9.78 Å². The summed E-state index contributed by atoms with van der Waals surface area (Å²) >= 11 is 0. The van der Waals surface area contributed by atoms with E-state index in [1.807, 2.05) is 0 Å². The van der Waals surface area contributed by atoms with Gasteiger partial charge in [-0.15, -0.1) is 0 Å². The molecule has 2 N–H and O–H groups in total. The van der Waals surface area contributed by atoms with Gasteiger partial charge in [0.15, 0.2) is 5.69 Å². The summed E-state index contributed by atoms with van der Waals surface area (Å²) in [6.45, 7) is 2.09. The lowest BCUT2D eigenvalue weighted by atomic mass is 9.97. The number of halogens is 4. The first-order valence-corrected chi connectivity index (χ1v) is 11.1. The van der Waals surface area contributed by atoms with Gasteiger partial charge in [-0.05, 0) is 43.2 Å². The first-order valence-electron chi connectivity index (χ1n) is 9.56. The molecule has 1 aromatic heterocycles. The highest BCUT2D eigenvalue weighted by atomic mass is 32.2. The van der Waals surface area contributed by atoms with Crippen molar-refractivity contribution >= 4 is 16.0 Å². The van der Waals surface area contributed by atoms with E-state index in [1.54, 1.807) is 0 Å². The average Bonchev–Trinajstić information content (AvgIpc) is 3.09. The normalized spacial score (nSPS) is 12.1. The van der Waals surface area contributed by atoms with Crippen molar-refractivity contribution in [3.05, 3.63) is 59.5 Å². The standard InChI is InChI=1S/C21H19F4N3O4S/c1-3-32-17(29)11-28-20(21(23,24)25)18(14-5-4-12(2)16(22)10-14)19(27-28)13-6-8-15(9-7-13)33(26,30)31/h4-10H,3,11H2,1-2H3,(H2,26,30,31). The molecule has 176 valence electrons. The maximum Gasteiger partial charge on any atom is 0.433 e. The van der Waals surface area contributed by atoms with Gasteiger partial charge in [0.2, 0.25) is 10.0 Å². The van der Waals surface area contributed by atoms with Gasteiger partial charge in [0.05, 0.1) is 11.5 Å². The highest BCUT2D eigenvalue weighted by molar-refractivity contribution is 7.89. The number of alkyl halides is 3. The van der Waals surface area contributed by atoms with Crippen LogP contribution in [0.15, 0.2) is 47.4 Å². The fraction of sp³-hybridized carbons (Fsp3) is 0.238. The molecule has 33 heavy (non-hydrogen) atoms. The Balaban J connectivity index is 2.32. The van der Waals surface area contributed by atoms with E-state index in [1.165, 1.54) is 38.1 Å². The van der Waals surface area contributed by atoms with Crippen molar-refractivity contribution in [3.63, 3.8) is 0 Å². The van der Waals surface area contributed by atoms with Gasteiger partial charge in [-0.1, -0.05) is 24.3 Å². The van der Waals surface area contributed by atoms with E-state index in [0.29, 0.717) is 4.68 Å². The number of aryl methyl sites for hydroxylation is 1. The van der Waals surface area contributed by atoms with Gasteiger partial charge in [0.25, 0.3) is 0 Å². The number of hydrogen-bond acceptors (Lipinski definition) is 5. The number of carbonyl (C=O) groups excluding carboxylic acids is 1. The molecule has 3 aromatic rings. The molecule has 0 saturated carbocycles. The van der Waals surface area contributed by atoms with Crippen LogP contribution < -0.4 is 5.14 Å². The molecule has 7 nitrogen and oxygen atoms in total. The second kappa shape index (κ2) is 8.94. The number of benzene rings is 2. The first-order chi connectivity index (χ1) is 15.3. The fourth-order valence-electron chi connectivity index (χ4n) is 3.22. The second-order valence-electron chi connectivity index (χ2n) is 7.07. The van der Waals surface area contributed by atoms with Gasteiger partial charge < -0.3 is 4.74 Å². The topological polar surface area (TPSA) is 104 Å². The van der Waals surface area contributed by atoms with Crippen LogP contribution >= 0.6 is 0 Å². The number of nitrogens with two attached hydrogens (primary N) is 1. The first kappa shape index (κ1) is 24.4. The molecule has 0 amide bonds. The van der Waals surface area contributed by atoms with Crippen LogP contribution in [0, 0.1) is 12.7 Å². The van der Waals surface area contributed by atoms with Crippen LogP contribution in [0.25, 0.3) is 22.4 Å². The number of nitrogens with zero attached hydrogens (tertiary/aromatic N) is 2. The molecule has 0 aliphatic rings. The van der Waals surface area contributed by atoms with Crippen LogP contribution in [0.4, 0.5) is 17.6 Å². The van der Waals surface area contributed by atoms with Crippen LogP contribution in [0.3, 0.4) is 0 Å². The summed E-state index contributed by atoms with van der Waals surface area (Å²) in [6.07, 6.45) is -4.96. The summed E-state index contributed by atoms with van der Waals surface area (Å²) < 4.78 is 85.0. The number of rotatable bonds is 6. The lowest BCUT2D eigenvalue weighted by Crippen LogP contribution is -2.21. The van der Waals surface area contributed by atoms with Crippen molar-refractivity contribution < 1.29 is 35.5 Å². The molecule has 0 aliphatic heterocycles. The summed E-state index contributed by atoms with van der Waals surface area (Å²) in [5.74, 6) is -1.67. The van der Waals surface area contributed by atoms with Gasteiger partial charge in [-0.25, -0.2) is 22.6 Å². The summed E-state index contributed by atoms with van der Waals surface area (Å²) in [5.41, 5.74) is -1.75. The maximum atomic E-state index is 14.3. The van der Waals surface area contributed by atoms with E-state index in [9.17, 15) is 30.8 Å². The Kier molecular flexibility index (Phi) is 6.61. The number of hydrogen-bond donors (Lipinski definition) is 1. The molecule has 1 heterocycles. The van der Waals surface area contributed by atoms with Crippen LogP contribution in [0.2, 0.25) is 0 Å². The Morgan fingerprint density at radius 1 is 1.12 bits per heavy atom. The van der Waals surface area contributed by atoms with Crippen LogP contribution in [0.5, 0.6) is 0 Å². The van der Waals surface area contributed by atoms with E-state index in [0.717, 1.165) is 18.2 Å². The zero-order valence-corrected chi connectivity index (χ0v) is 18.3. The monoisotopic (exact) mass is 485 g/mol. The predicted octanol–water partition coefficient (Wildman–Crippen LogP) is 3.89. The lowest BCUT2D eigenvalue weighted by molar-refractivity contribution is -0.149. The van der Waals surface area contributed by atoms with Gasteiger partial charge in [0.1, 0.15) is 18.1 Å². The summed E-state index contributed by atoms with van der Waals surface area (Å²) in [7, 11) is -4.04. The third-order valence-corrected chi connectivity index (χ3v) is 5.65. The highest BCUT2D eigenvalue weighted by Crippen LogP contribution is 2.43. The molecule has 0 unspecified atom stereocenters. The van der Waals surface area contributed by atoms with E-state index in [-0.39, 0.29) is 33.9 Å². The fourth-order valence-corrected chi connectivity index (χ4v) is 3.74. The minimum atomic E-state index is -4.96. The molecule has 0 aliphatic carbocycles. The number of carbonyl (C=O) groups is 1. The molecular formula is C21H19F4N3O4S. The molecule has 0 bridgehead atoms. The molecule has 0 radical (unpaired) electrons. The Morgan fingerprint density at radius 2 is 1.73 bits per heavy atom. The quantitative estimate of drug-likeness (QED) is 0.421. The van der Waals surface area contributed by atoms with Crippen LogP contribution in [-0.4, -0.2) is 30.8 Å². The van der Waals surface area contributed by atoms with Crippen molar-refractivity contribution in [2.75, 3.05) is 6.61 Å². The Morgan fingerprint density at radius 3 is 2.24 bits per heavy atom. The minimum absolute atomic E-state index is 0.0423. The largest absolute Gasteiger partial charge is 0.465 e. The average molecular weight is 485 g/mol. The predicted molar refractivity (Wildman–Crippen MR) is 111 cm³/mol. The Hall–Kier alpha value is -3.25. The summed E-state index contributed by atoms with van der Waals surface area (Å²) in [4.78, 5) is 11.7. The van der Waals surface area contributed by atoms with Crippen LogP contribution in [0.1, 0.15) is 18.2 Å². The molecule has 12 heteroatoms. The van der Waals surface area contributed by atoms with Crippen molar-refractivity contribution in [2.45, 2.75) is 31.5 Å². The summed E-state index contributed by atoms with van der Waals surface area (Å²) in [5, 5.41) is 9.06. The van der Waals surface area contributed by atoms with E-state index in [4.69, 9.17) is 9.88 Å². The molecule has 0 spiro atoms. The number of esters is 1. The number of aromatic nitrogens is 2. The minimum Gasteiger partial charge on any atom is -0.465 e. The van der Waals surface area contributed by atoms with Crippen LogP contribution in [-0.2, 0) is 32.3 Å². The molecule has 0 atom stereocenters. The van der Waals surface area contributed by atoms with Crippen molar-refractivity contribution in [1.29, 1.82) is 0 Å². The van der Waals surface area contributed by atoms with Gasteiger partial charge in [0, 0.05) is 11.1 Å². The van der Waals surface area contributed by atoms with Gasteiger partial charge >= 0.3 is 12.1 Å². The second-order valence-corrected chi connectivity index (χ2v) is 8.63. The van der Waals surface area contributed by atoms with Gasteiger partial charge in [-0.2, -0.15) is 18.3 Å². The molecule has 2 aromatic carbocycles. The Labute approximate surface area is 186 Å². The van der Waals surface area contributed by atoms with E-state index in [2.05, 4.69) is 5.10 Å². The highest BCUT2D eigenvalue weighted by Gasteiger charge is 2.41. The Bertz CT molecular complexity index is 1300. The summed E-state index contributed by atoms with van der Waals surface area (Å²) in [6, 6.07) is 8.25. The zero-order valence-electron chi connectivity index (χ0n) is 17.5. The third kappa shape index (κ3) is 5.22. The third-order valence-electron chi connectivity index (χ3n) is 4.72. The molecule has 3 rings (SSSR count). The smallest absolute Gasteiger partial charge is 0.433 e. The molecule has 0 fully saturated rings. The number of ether oxygens (including phenoxy) is 1. The zero-order chi connectivity index (χ0) is 24.6. The number of primary sulfonamides is 1. The molecular weight excluding hydrogens is 466 g/mol. The maximum absolute atomic E-state index is 14.3. The number of sulfonamides is 1. The lowest BCUT2D eigenvalue weighted by Gasteiger charge is -2.13. The van der Waals surface area contributed by atoms with E-state index >= 15 is 0 Å². The van der Waals surface area contributed by atoms with Crippen molar-refractivity contribution in [2.24, 2.45) is 5.14 Å².